The summed E-state index contributed by atoms with van der Waals surface area (Å²) in [4.78, 5) is 6.72. The molecule has 0 spiro atoms. The van der Waals surface area contributed by atoms with Gasteiger partial charge < -0.3 is 5.73 Å². The van der Waals surface area contributed by atoms with E-state index in [-0.39, 0.29) is 0 Å². The normalized spacial score (nSPS) is 32.9. The SMILES string of the molecule is NC1CC2CCC(C1)N2Cc1cccnc1Cl. The summed E-state index contributed by atoms with van der Waals surface area (Å²) >= 11 is 6.13. The minimum Gasteiger partial charge on any atom is -0.328 e. The Labute approximate surface area is 107 Å². The number of piperidine rings is 1. The summed E-state index contributed by atoms with van der Waals surface area (Å²) < 4.78 is 0. The molecule has 0 aromatic carbocycles. The second kappa shape index (κ2) is 4.56. The highest BCUT2D eigenvalue weighted by Gasteiger charge is 2.39. The minimum absolute atomic E-state index is 0.396. The van der Waals surface area contributed by atoms with Crippen molar-refractivity contribution in [3.63, 3.8) is 0 Å². The monoisotopic (exact) mass is 251 g/mol. The number of nitrogens with zero attached hydrogens (tertiary/aromatic N) is 2. The van der Waals surface area contributed by atoms with Gasteiger partial charge in [-0.05, 0) is 31.7 Å². The molecule has 3 heterocycles. The number of nitrogens with two attached hydrogens (primary N) is 1. The predicted molar refractivity (Wildman–Crippen MR) is 68.8 cm³/mol. The minimum atomic E-state index is 0.396. The van der Waals surface area contributed by atoms with Crippen molar-refractivity contribution in [2.24, 2.45) is 5.73 Å². The summed E-state index contributed by atoms with van der Waals surface area (Å²) in [6.07, 6.45) is 6.59. The lowest BCUT2D eigenvalue weighted by Crippen LogP contribution is -2.46. The summed E-state index contributed by atoms with van der Waals surface area (Å²) in [7, 11) is 0. The first kappa shape index (κ1) is 11.5. The molecule has 4 heteroatoms. The molecule has 2 atom stereocenters. The summed E-state index contributed by atoms with van der Waals surface area (Å²) in [5.74, 6) is 0. The first-order valence-corrected chi connectivity index (χ1v) is 6.72. The van der Waals surface area contributed by atoms with E-state index in [0.717, 1.165) is 24.9 Å². The van der Waals surface area contributed by atoms with E-state index in [1.807, 2.05) is 6.07 Å². The number of aromatic nitrogens is 1. The molecule has 3 nitrogen and oxygen atoms in total. The Hall–Kier alpha value is -0.640. The number of hydrogen-bond donors (Lipinski definition) is 1. The third kappa shape index (κ3) is 2.19. The second-order valence-corrected chi connectivity index (χ2v) is 5.60. The molecule has 0 aliphatic carbocycles. The molecule has 1 aromatic heterocycles. The molecular formula is C13H18ClN3. The van der Waals surface area contributed by atoms with E-state index in [2.05, 4.69) is 16.0 Å². The quantitative estimate of drug-likeness (QED) is 0.820. The number of halogens is 1. The third-order valence-corrected chi connectivity index (χ3v) is 4.45. The van der Waals surface area contributed by atoms with Crippen LogP contribution in [0, 0.1) is 0 Å². The van der Waals surface area contributed by atoms with E-state index in [1.54, 1.807) is 6.20 Å². The van der Waals surface area contributed by atoms with Crippen molar-refractivity contribution in [3.05, 3.63) is 29.0 Å². The van der Waals surface area contributed by atoms with Crippen LogP contribution in [0.1, 0.15) is 31.2 Å². The molecule has 2 saturated heterocycles. The van der Waals surface area contributed by atoms with Gasteiger partial charge in [-0.25, -0.2) is 4.98 Å². The fourth-order valence-corrected chi connectivity index (χ4v) is 3.49. The molecule has 2 fully saturated rings. The van der Waals surface area contributed by atoms with Crippen molar-refractivity contribution in [2.45, 2.75) is 50.4 Å². The van der Waals surface area contributed by atoms with Crippen LogP contribution in [-0.2, 0) is 6.54 Å². The summed E-state index contributed by atoms with van der Waals surface area (Å²) in [6, 6.07) is 5.73. The van der Waals surface area contributed by atoms with Crippen molar-refractivity contribution in [3.8, 4) is 0 Å². The van der Waals surface area contributed by atoms with Crippen molar-refractivity contribution >= 4 is 11.6 Å². The predicted octanol–water partition coefficient (Wildman–Crippen LogP) is 2.19. The molecule has 1 aromatic rings. The van der Waals surface area contributed by atoms with Crippen LogP contribution in [0.15, 0.2) is 18.3 Å². The zero-order valence-corrected chi connectivity index (χ0v) is 10.6. The fourth-order valence-electron chi connectivity index (χ4n) is 3.31. The molecule has 2 unspecified atom stereocenters. The first-order valence-electron chi connectivity index (χ1n) is 6.35. The van der Waals surface area contributed by atoms with Gasteiger partial charge in [0, 0.05) is 36.4 Å². The Morgan fingerprint density at radius 3 is 2.71 bits per heavy atom. The fraction of sp³-hybridized carbons (Fsp3) is 0.615. The standard InChI is InChI=1S/C13H18ClN3/c14-13-9(2-1-5-16-13)8-17-11-3-4-12(17)7-10(15)6-11/h1-2,5,10-12H,3-4,6-8,15H2. The van der Waals surface area contributed by atoms with Crippen LogP contribution in [0.2, 0.25) is 5.15 Å². The number of rotatable bonds is 2. The zero-order valence-electron chi connectivity index (χ0n) is 9.85. The van der Waals surface area contributed by atoms with Gasteiger partial charge in [0.25, 0.3) is 0 Å². The Kier molecular flexibility index (Phi) is 3.07. The molecule has 0 amide bonds. The molecule has 0 radical (unpaired) electrons. The largest absolute Gasteiger partial charge is 0.328 e. The van der Waals surface area contributed by atoms with Crippen LogP contribution in [0.25, 0.3) is 0 Å². The highest BCUT2D eigenvalue weighted by molar-refractivity contribution is 6.30. The molecule has 92 valence electrons. The van der Waals surface area contributed by atoms with Crippen molar-refractivity contribution in [1.29, 1.82) is 0 Å². The van der Waals surface area contributed by atoms with Crippen molar-refractivity contribution in [2.75, 3.05) is 0 Å². The van der Waals surface area contributed by atoms with Gasteiger partial charge in [0.05, 0.1) is 0 Å². The third-order valence-electron chi connectivity index (χ3n) is 4.11. The smallest absolute Gasteiger partial charge is 0.133 e. The van der Waals surface area contributed by atoms with Gasteiger partial charge in [-0.2, -0.15) is 0 Å². The maximum Gasteiger partial charge on any atom is 0.133 e. The van der Waals surface area contributed by atoms with Crippen LogP contribution in [0.3, 0.4) is 0 Å². The summed E-state index contributed by atoms with van der Waals surface area (Å²) in [5.41, 5.74) is 7.22. The molecule has 2 bridgehead atoms. The van der Waals surface area contributed by atoms with Gasteiger partial charge in [0.15, 0.2) is 0 Å². The lowest BCUT2D eigenvalue weighted by molar-refractivity contribution is 0.120. The molecule has 2 aliphatic rings. The Morgan fingerprint density at radius 1 is 1.35 bits per heavy atom. The Morgan fingerprint density at radius 2 is 2.06 bits per heavy atom. The van der Waals surface area contributed by atoms with E-state index in [0.29, 0.717) is 23.3 Å². The maximum atomic E-state index is 6.13. The first-order chi connectivity index (χ1) is 8.24. The van der Waals surface area contributed by atoms with Gasteiger partial charge >= 0.3 is 0 Å². The number of hydrogen-bond acceptors (Lipinski definition) is 3. The average molecular weight is 252 g/mol. The van der Waals surface area contributed by atoms with Crippen LogP contribution < -0.4 is 5.73 Å². The van der Waals surface area contributed by atoms with Crippen LogP contribution in [0.4, 0.5) is 0 Å². The molecule has 2 N–H and O–H groups in total. The Balaban J connectivity index is 1.76. The van der Waals surface area contributed by atoms with Crippen LogP contribution in [0.5, 0.6) is 0 Å². The maximum absolute atomic E-state index is 6.13. The van der Waals surface area contributed by atoms with Gasteiger partial charge in [0.2, 0.25) is 0 Å². The zero-order chi connectivity index (χ0) is 11.8. The van der Waals surface area contributed by atoms with Gasteiger partial charge in [0.1, 0.15) is 5.15 Å². The summed E-state index contributed by atoms with van der Waals surface area (Å²) in [5, 5.41) is 0.641. The van der Waals surface area contributed by atoms with Crippen LogP contribution >= 0.6 is 11.6 Å². The van der Waals surface area contributed by atoms with E-state index in [4.69, 9.17) is 17.3 Å². The van der Waals surface area contributed by atoms with Gasteiger partial charge in [-0.1, -0.05) is 17.7 Å². The van der Waals surface area contributed by atoms with E-state index in [9.17, 15) is 0 Å². The van der Waals surface area contributed by atoms with E-state index >= 15 is 0 Å². The van der Waals surface area contributed by atoms with Crippen LogP contribution in [-0.4, -0.2) is 28.0 Å². The molecular weight excluding hydrogens is 234 g/mol. The molecule has 0 saturated carbocycles. The summed E-state index contributed by atoms with van der Waals surface area (Å²) in [6.45, 7) is 0.925. The van der Waals surface area contributed by atoms with Gasteiger partial charge in [-0.3, -0.25) is 4.90 Å². The Bertz CT molecular complexity index is 395. The molecule has 2 aliphatic heterocycles. The molecule has 17 heavy (non-hydrogen) atoms. The van der Waals surface area contributed by atoms with Crippen molar-refractivity contribution in [1.82, 2.24) is 9.88 Å². The average Bonchev–Trinajstić information content (AvgIpc) is 2.56. The lowest BCUT2D eigenvalue weighted by atomic mass is 9.97. The van der Waals surface area contributed by atoms with Gasteiger partial charge in [-0.15, -0.1) is 0 Å². The highest BCUT2D eigenvalue weighted by Crippen LogP contribution is 2.36. The second-order valence-electron chi connectivity index (χ2n) is 5.24. The van der Waals surface area contributed by atoms with E-state index in [1.165, 1.54) is 12.8 Å². The highest BCUT2D eigenvalue weighted by atomic mass is 35.5. The van der Waals surface area contributed by atoms with Crippen molar-refractivity contribution < 1.29 is 0 Å². The lowest BCUT2D eigenvalue weighted by Gasteiger charge is -2.37. The molecule has 3 rings (SSSR count). The van der Waals surface area contributed by atoms with E-state index < -0.39 is 0 Å². The number of pyridine rings is 1. The number of fused-ring (bicyclic) bond motifs is 2. The topological polar surface area (TPSA) is 42.1 Å².